The first kappa shape index (κ1) is 18.0. The first-order valence-electron chi connectivity index (χ1n) is 7.48. The first-order valence-corrected chi connectivity index (χ1v) is 8.27. The van der Waals surface area contributed by atoms with Gasteiger partial charge in [-0.2, -0.15) is 0 Å². The zero-order valence-electron chi connectivity index (χ0n) is 13.6. The van der Waals surface area contributed by atoms with Crippen LogP contribution in [0.1, 0.15) is 22.3 Å². The number of benzene rings is 2. The number of amides is 1. The van der Waals surface area contributed by atoms with Crippen molar-refractivity contribution < 1.29 is 14.3 Å². The van der Waals surface area contributed by atoms with Crippen molar-refractivity contribution >= 4 is 39.2 Å². The molecule has 0 fully saturated rings. The van der Waals surface area contributed by atoms with Gasteiger partial charge < -0.3 is 15.4 Å². The second-order valence-corrected chi connectivity index (χ2v) is 6.12. The summed E-state index contributed by atoms with van der Waals surface area (Å²) in [4.78, 5) is 23.5. The third-order valence-electron chi connectivity index (χ3n) is 3.42. The fourth-order valence-electron chi connectivity index (χ4n) is 2.09. The van der Waals surface area contributed by atoms with Crippen LogP contribution in [0.2, 0.25) is 0 Å². The van der Waals surface area contributed by atoms with E-state index in [0.717, 1.165) is 21.4 Å². The van der Waals surface area contributed by atoms with Crippen LogP contribution in [0.3, 0.4) is 0 Å². The smallest absolute Gasteiger partial charge is 0.337 e. The van der Waals surface area contributed by atoms with E-state index in [0.29, 0.717) is 18.5 Å². The van der Waals surface area contributed by atoms with Gasteiger partial charge in [0.15, 0.2) is 0 Å². The monoisotopic (exact) mass is 390 g/mol. The molecule has 5 nitrogen and oxygen atoms in total. The van der Waals surface area contributed by atoms with Crippen molar-refractivity contribution in [2.24, 2.45) is 0 Å². The fourth-order valence-corrected chi connectivity index (χ4v) is 2.47. The lowest BCUT2D eigenvalue weighted by Crippen LogP contribution is -2.16. The second-order valence-electron chi connectivity index (χ2n) is 5.26. The molecule has 0 aliphatic heterocycles. The third-order valence-corrected chi connectivity index (χ3v) is 4.27. The number of nitrogens with one attached hydrogen (secondary N) is 2. The Morgan fingerprint density at radius 3 is 2.62 bits per heavy atom. The Morgan fingerprint density at radius 2 is 1.92 bits per heavy atom. The van der Waals surface area contributed by atoms with Crippen molar-refractivity contribution in [2.45, 2.75) is 13.3 Å². The lowest BCUT2D eigenvalue weighted by atomic mass is 10.2. The largest absolute Gasteiger partial charge is 0.465 e. The van der Waals surface area contributed by atoms with Gasteiger partial charge in [-0.05, 0) is 42.8 Å². The molecule has 0 unspecified atom stereocenters. The number of ether oxygens (including phenoxy) is 1. The molecule has 0 bridgehead atoms. The number of halogens is 1. The molecule has 0 saturated heterocycles. The van der Waals surface area contributed by atoms with E-state index in [2.05, 4.69) is 31.3 Å². The van der Waals surface area contributed by atoms with Crippen LogP contribution in [-0.2, 0) is 9.53 Å². The Labute approximate surface area is 149 Å². The standard InChI is InChI=1S/C18H19BrN2O3/c1-12-6-7-15(11-16(12)19)21-17(22)8-9-20-14-5-3-4-13(10-14)18(23)24-2/h3-7,10-11,20H,8-9H2,1-2H3,(H,21,22). The summed E-state index contributed by atoms with van der Waals surface area (Å²) in [5, 5.41) is 5.98. The number of esters is 1. The third kappa shape index (κ3) is 5.09. The molecule has 2 aromatic rings. The molecule has 126 valence electrons. The van der Waals surface area contributed by atoms with Crippen molar-refractivity contribution in [3.63, 3.8) is 0 Å². The minimum absolute atomic E-state index is 0.0811. The highest BCUT2D eigenvalue weighted by atomic mass is 79.9. The molecule has 0 aliphatic rings. The zero-order valence-corrected chi connectivity index (χ0v) is 15.1. The molecule has 0 saturated carbocycles. The van der Waals surface area contributed by atoms with E-state index in [9.17, 15) is 9.59 Å². The lowest BCUT2D eigenvalue weighted by molar-refractivity contribution is -0.115. The maximum absolute atomic E-state index is 12.0. The molecular formula is C18H19BrN2O3. The van der Waals surface area contributed by atoms with E-state index in [1.807, 2.05) is 31.2 Å². The number of rotatable bonds is 6. The minimum Gasteiger partial charge on any atom is -0.465 e. The van der Waals surface area contributed by atoms with E-state index in [4.69, 9.17) is 0 Å². The first-order chi connectivity index (χ1) is 11.5. The highest BCUT2D eigenvalue weighted by Gasteiger charge is 2.07. The molecule has 0 aromatic heterocycles. The summed E-state index contributed by atoms with van der Waals surface area (Å²) in [7, 11) is 1.34. The molecular weight excluding hydrogens is 372 g/mol. The molecule has 2 N–H and O–H groups in total. The summed E-state index contributed by atoms with van der Waals surface area (Å²) in [6.45, 7) is 2.45. The fraction of sp³-hybridized carbons (Fsp3) is 0.222. The average molecular weight is 391 g/mol. The molecule has 0 heterocycles. The lowest BCUT2D eigenvalue weighted by Gasteiger charge is -2.09. The summed E-state index contributed by atoms with van der Waals surface area (Å²) in [6.07, 6.45) is 0.313. The molecule has 0 aliphatic carbocycles. The predicted octanol–water partition coefficient (Wildman–Crippen LogP) is 3.98. The summed E-state index contributed by atoms with van der Waals surface area (Å²) in [5.41, 5.74) is 3.10. The van der Waals surface area contributed by atoms with Gasteiger partial charge in [-0.3, -0.25) is 4.79 Å². The number of aryl methyl sites for hydroxylation is 1. The van der Waals surface area contributed by atoms with Gasteiger partial charge in [0.2, 0.25) is 5.91 Å². The zero-order chi connectivity index (χ0) is 17.5. The molecule has 2 aromatic carbocycles. The number of hydrogen-bond acceptors (Lipinski definition) is 4. The highest BCUT2D eigenvalue weighted by Crippen LogP contribution is 2.20. The molecule has 0 atom stereocenters. The summed E-state index contributed by atoms with van der Waals surface area (Å²) in [5.74, 6) is -0.469. The van der Waals surface area contributed by atoms with Crippen LogP contribution >= 0.6 is 15.9 Å². The predicted molar refractivity (Wildman–Crippen MR) is 98.4 cm³/mol. The van der Waals surface area contributed by atoms with Gasteiger partial charge in [0.1, 0.15) is 0 Å². The molecule has 6 heteroatoms. The van der Waals surface area contributed by atoms with E-state index in [1.165, 1.54) is 7.11 Å². The van der Waals surface area contributed by atoms with Gasteiger partial charge in [0.05, 0.1) is 12.7 Å². The summed E-state index contributed by atoms with van der Waals surface area (Å²) < 4.78 is 5.64. The van der Waals surface area contributed by atoms with E-state index < -0.39 is 0 Å². The van der Waals surface area contributed by atoms with Crippen LogP contribution in [0.5, 0.6) is 0 Å². The van der Waals surface area contributed by atoms with Gasteiger partial charge in [0, 0.05) is 28.8 Å². The molecule has 2 rings (SSSR count). The van der Waals surface area contributed by atoms with Crippen LogP contribution < -0.4 is 10.6 Å². The van der Waals surface area contributed by atoms with Crippen molar-refractivity contribution in [1.82, 2.24) is 0 Å². The van der Waals surface area contributed by atoms with Gasteiger partial charge >= 0.3 is 5.97 Å². The van der Waals surface area contributed by atoms with Gasteiger partial charge in [0.25, 0.3) is 0 Å². The quantitative estimate of drug-likeness (QED) is 0.731. The maximum atomic E-state index is 12.0. The minimum atomic E-state index is -0.388. The SMILES string of the molecule is COC(=O)c1cccc(NCCC(=O)Nc2ccc(C)c(Br)c2)c1. The highest BCUT2D eigenvalue weighted by molar-refractivity contribution is 9.10. The summed E-state index contributed by atoms with van der Waals surface area (Å²) in [6, 6.07) is 12.7. The van der Waals surface area contributed by atoms with Crippen LogP contribution in [0.4, 0.5) is 11.4 Å². The number of hydrogen-bond donors (Lipinski definition) is 2. The number of methoxy groups -OCH3 is 1. The van der Waals surface area contributed by atoms with Crippen molar-refractivity contribution in [3.8, 4) is 0 Å². The van der Waals surface area contributed by atoms with E-state index in [-0.39, 0.29) is 11.9 Å². The Balaban J connectivity index is 1.84. The Morgan fingerprint density at radius 1 is 1.12 bits per heavy atom. The normalized spacial score (nSPS) is 10.1. The van der Waals surface area contributed by atoms with E-state index >= 15 is 0 Å². The Kier molecular flexibility index (Phi) is 6.37. The summed E-state index contributed by atoms with van der Waals surface area (Å²) >= 11 is 3.44. The van der Waals surface area contributed by atoms with Crippen molar-refractivity contribution in [2.75, 3.05) is 24.3 Å². The Bertz CT molecular complexity index is 747. The van der Waals surface area contributed by atoms with Gasteiger partial charge in [-0.1, -0.05) is 28.1 Å². The van der Waals surface area contributed by atoms with Crippen LogP contribution in [0, 0.1) is 6.92 Å². The van der Waals surface area contributed by atoms with Crippen molar-refractivity contribution in [1.29, 1.82) is 0 Å². The number of carbonyl (C=O) groups excluding carboxylic acids is 2. The topological polar surface area (TPSA) is 67.4 Å². The molecule has 0 spiro atoms. The van der Waals surface area contributed by atoms with Gasteiger partial charge in [-0.25, -0.2) is 4.79 Å². The average Bonchev–Trinajstić information content (AvgIpc) is 2.57. The number of anilines is 2. The van der Waals surface area contributed by atoms with Gasteiger partial charge in [-0.15, -0.1) is 0 Å². The molecule has 1 amide bonds. The van der Waals surface area contributed by atoms with Crippen LogP contribution in [-0.4, -0.2) is 25.5 Å². The van der Waals surface area contributed by atoms with Crippen LogP contribution in [0.25, 0.3) is 0 Å². The van der Waals surface area contributed by atoms with Crippen molar-refractivity contribution in [3.05, 3.63) is 58.1 Å². The van der Waals surface area contributed by atoms with Crippen LogP contribution in [0.15, 0.2) is 46.9 Å². The molecule has 24 heavy (non-hydrogen) atoms. The van der Waals surface area contributed by atoms with E-state index in [1.54, 1.807) is 18.2 Å². The Hall–Kier alpha value is -2.34. The maximum Gasteiger partial charge on any atom is 0.337 e. The second kappa shape index (κ2) is 8.49. The number of carbonyl (C=O) groups is 2. The molecule has 0 radical (unpaired) electrons.